The molecule has 7 heteroatoms. The van der Waals surface area contributed by atoms with Crippen LogP contribution < -0.4 is 10.2 Å². The molecule has 1 aromatic rings. The van der Waals surface area contributed by atoms with Crippen molar-refractivity contribution < 1.29 is 9.59 Å². The quantitative estimate of drug-likeness (QED) is 0.346. The number of fused-ring (bicyclic) bond motifs is 3. The van der Waals surface area contributed by atoms with Crippen molar-refractivity contribution in [3.8, 4) is 0 Å². The van der Waals surface area contributed by atoms with E-state index in [0.29, 0.717) is 28.4 Å². The number of carbonyl (C=O) groups excluding carboxylic acids is 2. The number of benzene rings is 1. The second-order valence-corrected chi connectivity index (χ2v) is 10.00. The molecule has 1 fully saturated rings. The SMILES string of the molecule is C/C=C1\C(=N)N2C(=C(C(=O)NCCC3CCCCCC3C)C1=O)Sc1ccc(Cl)cc12. The number of carbonyl (C=O) groups is 2. The van der Waals surface area contributed by atoms with Crippen LogP contribution in [0.5, 0.6) is 0 Å². The normalized spacial score (nSPS) is 24.9. The number of amides is 1. The summed E-state index contributed by atoms with van der Waals surface area (Å²) in [6.45, 7) is 4.59. The highest BCUT2D eigenvalue weighted by atomic mass is 35.5. The van der Waals surface area contributed by atoms with E-state index in [9.17, 15) is 9.59 Å². The summed E-state index contributed by atoms with van der Waals surface area (Å²) in [5, 5.41) is 12.6. The molecule has 1 aliphatic carbocycles. The molecule has 0 spiro atoms. The van der Waals surface area contributed by atoms with Gasteiger partial charge in [-0.2, -0.15) is 0 Å². The van der Waals surface area contributed by atoms with Crippen molar-refractivity contribution in [2.75, 3.05) is 11.4 Å². The highest BCUT2D eigenvalue weighted by Crippen LogP contribution is 2.50. The monoisotopic (exact) mass is 457 g/mol. The van der Waals surface area contributed by atoms with Crippen LogP contribution in [0.1, 0.15) is 52.4 Å². The third kappa shape index (κ3) is 4.20. The van der Waals surface area contributed by atoms with Gasteiger partial charge in [-0.1, -0.05) is 68.5 Å². The molecule has 3 aliphatic rings. The van der Waals surface area contributed by atoms with Gasteiger partial charge >= 0.3 is 0 Å². The van der Waals surface area contributed by atoms with Crippen LogP contribution in [-0.4, -0.2) is 24.1 Å². The predicted molar refractivity (Wildman–Crippen MR) is 127 cm³/mol. The van der Waals surface area contributed by atoms with Crippen molar-refractivity contribution in [1.82, 2.24) is 5.32 Å². The standard InChI is InChI=1S/C24H28ClN3O2S/c1-3-17-21(29)20(23(30)27-12-11-15-8-6-4-5-7-14(15)2)24-28(22(17)26)18-13-16(25)9-10-19(18)31-24/h3,9-10,13-15,26H,4-8,11-12H2,1-2H3,(H,27,30)/b17-3-,26-22?. The summed E-state index contributed by atoms with van der Waals surface area (Å²) in [6, 6.07) is 5.42. The lowest BCUT2D eigenvalue weighted by molar-refractivity contribution is -0.121. The average molecular weight is 458 g/mol. The number of hydrogen-bond acceptors (Lipinski definition) is 4. The molecule has 2 N–H and O–H groups in total. The second-order valence-electron chi connectivity index (χ2n) is 8.53. The van der Waals surface area contributed by atoms with Gasteiger partial charge in [0.1, 0.15) is 16.4 Å². The highest BCUT2D eigenvalue weighted by Gasteiger charge is 2.42. The third-order valence-corrected chi connectivity index (χ3v) is 7.97. The van der Waals surface area contributed by atoms with Gasteiger partial charge in [-0.3, -0.25) is 19.9 Å². The molecule has 0 radical (unpaired) electrons. The van der Waals surface area contributed by atoms with Crippen molar-refractivity contribution in [2.24, 2.45) is 11.8 Å². The first-order valence-electron chi connectivity index (χ1n) is 11.0. The lowest BCUT2D eigenvalue weighted by atomic mass is 9.87. The average Bonchev–Trinajstić information content (AvgIpc) is 2.97. The molecule has 4 rings (SSSR count). The number of anilines is 1. The van der Waals surface area contributed by atoms with Crippen molar-refractivity contribution in [1.29, 1.82) is 5.41 Å². The molecular formula is C24H28ClN3O2S. The summed E-state index contributed by atoms with van der Waals surface area (Å²) < 4.78 is 0. The van der Waals surface area contributed by atoms with E-state index in [4.69, 9.17) is 17.0 Å². The van der Waals surface area contributed by atoms with Gasteiger partial charge in [0.05, 0.1) is 11.3 Å². The number of nitrogens with one attached hydrogen (secondary N) is 2. The van der Waals surface area contributed by atoms with Crippen LogP contribution in [0.2, 0.25) is 5.02 Å². The Kier molecular flexibility index (Phi) is 6.58. The minimum atomic E-state index is -0.384. The molecular weight excluding hydrogens is 430 g/mol. The summed E-state index contributed by atoms with van der Waals surface area (Å²) in [5.74, 6) is 0.633. The maximum Gasteiger partial charge on any atom is 0.258 e. The molecule has 1 aromatic carbocycles. The number of Topliss-reactive ketones (excluding diaryl/α,β-unsaturated/α-hetero) is 1. The van der Waals surface area contributed by atoms with Crippen molar-refractivity contribution >= 4 is 46.6 Å². The van der Waals surface area contributed by atoms with Gasteiger partial charge in [0.15, 0.2) is 0 Å². The maximum absolute atomic E-state index is 13.2. The molecule has 0 bridgehead atoms. The Morgan fingerprint density at radius 2 is 2.10 bits per heavy atom. The lowest BCUT2D eigenvalue weighted by Gasteiger charge is -2.29. The van der Waals surface area contributed by atoms with Crippen LogP contribution in [0.15, 0.2) is 45.3 Å². The van der Waals surface area contributed by atoms with Crippen LogP contribution in [0.25, 0.3) is 0 Å². The summed E-state index contributed by atoms with van der Waals surface area (Å²) >= 11 is 7.53. The van der Waals surface area contributed by atoms with E-state index in [1.165, 1.54) is 43.9 Å². The molecule has 2 aliphatic heterocycles. The number of allylic oxidation sites excluding steroid dienone is 1. The zero-order chi connectivity index (χ0) is 22.1. The van der Waals surface area contributed by atoms with Gasteiger partial charge in [0, 0.05) is 16.5 Å². The molecule has 0 aromatic heterocycles. The number of thioether (sulfide) groups is 1. The Labute approximate surface area is 192 Å². The molecule has 31 heavy (non-hydrogen) atoms. The van der Waals surface area contributed by atoms with E-state index in [1.54, 1.807) is 30.0 Å². The minimum Gasteiger partial charge on any atom is -0.352 e. The lowest BCUT2D eigenvalue weighted by Crippen LogP contribution is -2.42. The van der Waals surface area contributed by atoms with E-state index in [1.807, 2.05) is 6.07 Å². The summed E-state index contributed by atoms with van der Waals surface area (Å²) in [5.41, 5.74) is 1.09. The Balaban J connectivity index is 1.57. The zero-order valence-corrected chi connectivity index (χ0v) is 19.5. The van der Waals surface area contributed by atoms with E-state index in [2.05, 4.69) is 12.2 Å². The molecule has 164 valence electrons. The van der Waals surface area contributed by atoms with Crippen LogP contribution in [0, 0.1) is 17.2 Å². The fourth-order valence-corrected chi connectivity index (χ4v) is 6.12. The molecule has 2 unspecified atom stereocenters. The Bertz CT molecular complexity index is 1000. The van der Waals surface area contributed by atoms with Crippen LogP contribution in [0.3, 0.4) is 0 Å². The van der Waals surface area contributed by atoms with Crippen molar-refractivity contribution in [3.63, 3.8) is 0 Å². The smallest absolute Gasteiger partial charge is 0.258 e. The van der Waals surface area contributed by atoms with Crippen molar-refractivity contribution in [3.05, 3.63) is 45.5 Å². The van der Waals surface area contributed by atoms with Gasteiger partial charge < -0.3 is 5.32 Å². The largest absolute Gasteiger partial charge is 0.352 e. The van der Waals surface area contributed by atoms with E-state index in [0.717, 1.165) is 17.0 Å². The van der Waals surface area contributed by atoms with E-state index in [-0.39, 0.29) is 28.7 Å². The second kappa shape index (κ2) is 9.21. The zero-order valence-electron chi connectivity index (χ0n) is 18.0. The van der Waals surface area contributed by atoms with Crippen LogP contribution >= 0.6 is 23.4 Å². The van der Waals surface area contributed by atoms with Gasteiger partial charge in [-0.25, -0.2) is 0 Å². The van der Waals surface area contributed by atoms with Gasteiger partial charge in [-0.15, -0.1) is 0 Å². The molecule has 2 atom stereocenters. The van der Waals surface area contributed by atoms with Crippen molar-refractivity contribution in [2.45, 2.75) is 57.3 Å². The fourth-order valence-electron chi connectivity index (χ4n) is 4.78. The predicted octanol–water partition coefficient (Wildman–Crippen LogP) is 5.69. The molecule has 5 nitrogen and oxygen atoms in total. The number of amidine groups is 1. The number of ketones is 1. The first kappa shape index (κ1) is 22.2. The fraction of sp³-hybridized carbons (Fsp3) is 0.458. The Morgan fingerprint density at radius 3 is 2.87 bits per heavy atom. The van der Waals surface area contributed by atoms with Crippen LogP contribution in [0.4, 0.5) is 5.69 Å². The number of hydrogen-bond donors (Lipinski definition) is 2. The van der Waals surface area contributed by atoms with Crippen LogP contribution in [-0.2, 0) is 9.59 Å². The van der Waals surface area contributed by atoms with Gasteiger partial charge in [0.25, 0.3) is 5.91 Å². The molecule has 2 heterocycles. The summed E-state index contributed by atoms with van der Waals surface area (Å²) in [4.78, 5) is 28.9. The topological polar surface area (TPSA) is 73.3 Å². The maximum atomic E-state index is 13.2. The first-order valence-corrected chi connectivity index (χ1v) is 12.2. The first-order chi connectivity index (χ1) is 14.9. The van der Waals surface area contributed by atoms with Gasteiger partial charge in [-0.05, 0) is 43.4 Å². The number of halogens is 1. The molecule has 0 saturated heterocycles. The number of nitrogens with zero attached hydrogens (tertiary/aromatic N) is 1. The Morgan fingerprint density at radius 1 is 1.32 bits per heavy atom. The third-order valence-electron chi connectivity index (χ3n) is 6.59. The van der Waals surface area contributed by atoms with Gasteiger partial charge in [0.2, 0.25) is 5.78 Å². The molecule has 1 saturated carbocycles. The highest BCUT2D eigenvalue weighted by molar-refractivity contribution is 8.04. The number of rotatable bonds is 4. The Hall–Kier alpha value is -2.05. The minimum absolute atomic E-state index is 0.0832. The van der Waals surface area contributed by atoms with E-state index < -0.39 is 0 Å². The molecule has 1 amide bonds. The van der Waals surface area contributed by atoms with E-state index >= 15 is 0 Å². The summed E-state index contributed by atoms with van der Waals surface area (Å²) in [7, 11) is 0. The summed E-state index contributed by atoms with van der Waals surface area (Å²) in [6.07, 6.45) is 8.86.